The largest absolute Gasteiger partial charge is 0.366 e. The van der Waals surface area contributed by atoms with Crippen LogP contribution in [0.1, 0.15) is 104 Å². The van der Waals surface area contributed by atoms with E-state index in [1.807, 2.05) is 6.92 Å². The summed E-state index contributed by atoms with van der Waals surface area (Å²) in [5.74, 6) is 0. The topological polar surface area (TPSA) is 21.3 Å². The van der Waals surface area contributed by atoms with Gasteiger partial charge in [-0.15, -0.1) is 0 Å². The van der Waals surface area contributed by atoms with Crippen molar-refractivity contribution in [2.75, 3.05) is 19.7 Å². The maximum atomic E-state index is 5.42. The fourth-order valence-corrected chi connectivity index (χ4v) is 3.05. The van der Waals surface area contributed by atoms with Gasteiger partial charge in [0.1, 0.15) is 5.01 Å². The van der Waals surface area contributed by atoms with E-state index in [9.17, 15) is 0 Å². The average Bonchev–Trinajstić information content (AvgIpc) is 2.53. The Balaban J connectivity index is 2.95. The normalized spacial score (nSPS) is 12.7. The molecule has 0 saturated carbocycles. The molecule has 0 bridgehead atoms. The van der Waals surface area contributed by atoms with Crippen LogP contribution in [0.15, 0.2) is 0 Å². The van der Waals surface area contributed by atoms with Gasteiger partial charge in [-0.05, 0) is 19.9 Å². The van der Waals surface area contributed by atoms with Crippen molar-refractivity contribution in [1.82, 2.24) is 5.32 Å². The number of hydrogen-bond acceptors (Lipinski definition) is 2. The van der Waals surface area contributed by atoms with Crippen LogP contribution in [0.25, 0.3) is 0 Å². The zero-order valence-corrected chi connectivity index (χ0v) is 17.5. The van der Waals surface area contributed by atoms with Crippen LogP contribution in [0, 0.1) is 0 Å². The zero-order valence-electron chi connectivity index (χ0n) is 15.9. The molecule has 1 atom stereocenters. The van der Waals surface area contributed by atoms with Gasteiger partial charge in [0.25, 0.3) is 0 Å². The molecule has 0 aromatic carbocycles. The highest BCUT2D eigenvalue weighted by Crippen LogP contribution is 2.12. The number of nitrogens with one attached hydrogen (secondary N) is 1. The average molecular weight is 392 g/mol. The fraction of sp³-hybridized carbons (Fsp3) is 1.00. The van der Waals surface area contributed by atoms with E-state index in [2.05, 4.69) is 28.2 Å². The number of halogens is 1. The van der Waals surface area contributed by atoms with Crippen LogP contribution in [0.3, 0.4) is 0 Å². The van der Waals surface area contributed by atoms with Crippen LogP contribution in [-0.4, -0.2) is 24.7 Å². The second kappa shape index (κ2) is 20.4. The Morgan fingerprint density at radius 2 is 1.13 bits per heavy atom. The number of hydrogen-bond donors (Lipinski definition) is 1. The molecule has 23 heavy (non-hydrogen) atoms. The summed E-state index contributed by atoms with van der Waals surface area (Å²) in [6, 6.07) is 0. The summed E-state index contributed by atoms with van der Waals surface area (Å²) in [4.78, 5) is 0. The number of unbranched alkanes of at least 4 members (excludes halogenated alkanes) is 13. The minimum atomic E-state index is 0.172. The first-order valence-electron chi connectivity index (χ1n) is 10.2. The van der Waals surface area contributed by atoms with E-state index in [-0.39, 0.29) is 5.01 Å². The molecule has 0 aliphatic heterocycles. The molecule has 0 aliphatic rings. The lowest BCUT2D eigenvalue weighted by Gasteiger charge is -2.07. The number of rotatable bonds is 19. The lowest BCUT2D eigenvalue weighted by atomic mass is 10.0. The summed E-state index contributed by atoms with van der Waals surface area (Å²) in [5, 5.41) is 3.61. The first-order chi connectivity index (χ1) is 11.3. The van der Waals surface area contributed by atoms with Crippen molar-refractivity contribution in [3.8, 4) is 0 Å². The molecule has 1 N–H and O–H groups in total. The van der Waals surface area contributed by atoms with Gasteiger partial charge in [0, 0.05) is 6.54 Å². The molecule has 3 heteroatoms. The Morgan fingerprint density at radius 1 is 0.696 bits per heavy atom. The maximum absolute atomic E-state index is 5.42. The first-order valence-corrected chi connectivity index (χ1v) is 11.1. The molecule has 0 heterocycles. The van der Waals surface area contributed by atoms with Crippen LogP contribution in [0.4, 0.5) is 0 Å². The van der Waals surface area contributed by atoms with E-state index < -0.39 is 0 Å². The number of alkyl halides is 1. The maximum Gasteiger partial charge on any atom is 0.109 e. The lowest BCUT2D eigenvalue weighted by Crippen LogP contribution is -2.21. The smallest absolute Gasteiger partial charge is 0.109 e. The molecule has 0 aromatic heterocycles. The van der Waals surface area contributed by atoms with Crippen LogP contribution in [0.5, 0.6) is 0 Å². The highest BCUT2D eigenvalue weighted by molar-refractivity contribution is 9.09. The molecule has 0 aliphatic carbocycles. The third kappa shape index (κ3) is 22.4. The van der Waals surface area contributed by atoms with E-state index in [1.54, 1.807) is 0 Å². The number of ether oxygens (including phenoxy) is 1. The molecule has 0 fully saturated rings. The second-order valence-electron chi connectivity index (χ2n) is 6.76. The summed E-state index contributed by atoms with van der Waals surface area (Å²) in [7, 11) is 0. The van der Waals surface area contributed by atoms with Crippen molar-refractivity contribution >= 4 is 15.9 Å². The van der Waals surface area contributed by atoms with Gasteiger partial charge in [0.15, 0.2) is 0 Å². The van der Waals surface area contributed by atoms with Gasteiger partial charge in [-0.2, -0.15) is 0 Å². The molecule has 0 spiro atoms. The minimum Gasteiger partial charge on any atom is -0.366 e. The van der Waals surface area contributed by atoms with Gasteiger partial charge in [-0.3, -0.25) is 0 Å². The first kappa shape index (κ1) is 23.4. The SMILES string of the molecule is CCCCCCCCCCCCCCCCNCCOC(C)Br. The van der Waals surface area contributed by atoms with Gasteiger partial charge in [-0.1, -0.05) is 106 Å². The van der Waals surface area contributed by atoms with Crippen molar-refractivity contribution in [3.63, 3.8) is 0 Å². The Labute approximate surface area is 154 Å². The van der Waals surface area contributed by atoms with Gasteiger partial charge in [0.05, 0.1) is 6.61 Å². The van der Waals surface area contributed by atoms with Crippen molar-refractivity contribution in [2.24, 2.45) is 0 Å². The highest BCUT2D eigenvalue weighted by atomic mass is 79.9. The van der Waals surface area contributed by atoms with Crippen molar-refractivity contribution < 1.29 is 4.74 Å². The third-order valence-electron chi connectivity index (χ3n) is 4.33. The molecule has 1 unspecified atom stereocenters. The third-order valence-corrected chi connectivity index (χ3v) is 4.60. The van der Waals surface area contributed by atoms with Crippen molar-refractivity contribution in [1.29, 1.82) is 0 Å². The predicted molar refractivity (Wildman–Crippen MR) is 108 cm³/mol. The van der Waals surface area contributed by atoms with Crippen LogP contribution < -0.4 is 5.32 Å². The summed E-state index contributed by atoms with van der Waals surface area (Å²) in [5.41, 5.74) is 0. The lowest BCUT2D eigenvalue weighted by molar-refractivity contribution is 0.130. The molecule has 0 radical (unpaired) electrons. The van der Waals surface area contributed by atoms with Crippen molar-refractivity contribution in [3.05, 3.63) is 0 Å². The molecule has 0 saturated heterocycles. The molecule has 0 aromatic rings. The van der Waals surface area contributed by atoms with Gasteiger partial charge >= 0.3 is 0 Å². The van der Waals surface area contributed by atoms with Gasteiger partial charge < -0.3 is 10.1 Å². The van der Waals surface area contributed by atoms with E-state index in [0.717, 1.165) is 19.7 Å². The Kier molecular flexibility index (Phi) is 20.8. The Morgan fingerprint density at radius 3 is 1.57 bits per heavy atom. The fourth-order valence-electron chi connectivity index (χ4n) is 2.86. The summed E-state index contributed by atoms with van der Waals surface area (Å²) >= 11 is 3.37. The monoisotopic (exact) mass is 391 g/mol. The molecule has 140 valence electrons. The van der Waals surface area contributed by atoms with E-state index in [0.29, 0.717) is 0 Å². The van der Waals surface area contributed by atoms with Crippen LogP contribution in [-0.2, 0) is 4.74 Å². The van der Waals surface area contributed by atoms with Crippen LogP contribution in [0.2, 0.25) is 0 Å². The quantitative estimate of drug-likeness (QED) is 0.192. The Hall–Kier alpha value is 0.400. The predicted octanol–water partition coefficient (Wildman–Crippen LogP) is 6.81. The zero-order chi connectivity index (χ0) is 17.0. The summed E-state index contributed by atoms with van der Waals surface area (Å²) < 4.78 is 5.42. The van der Waals surface area contributed by atoms with Gasteiger partial charge in [-0.25, -0.2) is 0 Å². The summed E-state index contributed by atoms with van der Waals surface area (Å²) in [6.45, 7) is 7.20. The van der Waals surface area contributed by atoms with E-state index in [4.69, 9.17) is 4.74 Å². The molecule has 0 rings (SSSR count). The molecular formula is C20H42BrNO. The van der Waals surface area contributed by atoms with Crippen LogP contribution >= 0.6 is 15.9 Å². The second-order valence-corrected chi connectivity index (χ2v) is 8.05. The standard InChI is InChI=1S/C20H42BrNO/c1-3-4-5-6-7-8-9-10-11-12-13-14-15-16-17-22-18-19-23-20(2)21/h20,22H,3-19H2,1-2H3. The van der Waals surface area contributed by atoms with E-state index in [1.165, 1.54) is 89.9 Å². The van der Waals surface area contributed by atoms with Crippen molar-refractivity contribution in [2.45, 2.75) is 109 Å². The minimum absolute atomic E-state index is 0.172. The molecule has 0 amide bonds. The summed E-state index contributed by atoms with van der Waals surface area (Å²) in [6.07, 6.45) is 20.0. The molecule has 2 nitrogen and oxygen atoms in total. The Bertz CT molecular complexity index is 212. The molecular weight excluding hydrogens is 350 g/mol. The highest BCUT2D eigenvalue weighted by Gasteiger charge is 1.95. The van der Waals surface area contributed by atoms with Gasteiger partial charge in [0.2, 0.25) is 0 Å². The van der Waals surface area contributed by atoms with E-state index >= 15 is 0 Å².